The summed E-state index contributed by atoms with van der Waals surface area (Å²) in [7, 11) is 0. The molecule has 0 saturated carbocycles. The fourth-order valence-corrected chi connectivity index (χ4v) is 10.1. The van der Waals surface area contributed by atoms with Crippen molar-refractivity contribution in [2.24, 2.45) is 0 Å². The molecule has 0 fully saturated rings. The fourth-order valence-electron chi connectivity index (χ4n) is 10.1. The minimum atomic E-state index is -0.761. The Hall–Kier alpha value is -8.68. The Morgan fingerprint density at radius 2 is 1.14 bits per heavy atom. The molecule has 27 nitrogen and oxygen atoms in total. The van der Waals surface area contributed by atoms with E-state index in [-0.39, 0.29) is 143 Å². The van der Waals surface area contributed by atoms with Crippen LogP contribution in [0.15, 0.2) is 161 Å². The van der Waals surface area contributed by atoms with Crippen molar-refractivity contribution in [1.29, 1.82) is 5.26 Å². The summed E-state index contributed by atoms with van der Waals surface area (Å²) in [4.78, 5) is 89.8. The third-order valence-corrected chi connectivity index (χ3v) is 14.0. The molecule has 0 amide bonds. The Morgan fingerprint density at radius 3 is 1.61 bits per heavy atom. The molecule has 2 N–H and O–H groups in total. The van der Waals surface area contributed by atoms with Crippen molar-refractivity contribution in [2.45, 2.75) is 52.5 Å². The first-order valence-electron chi connectivity index (χ1n) is 26.6. The van der Waals surface area contributed by atoms with Crippen LogP contribution in [0.4, 0.5) is 0 Å². The maximum atomic E-state index is 13.5. The van der Waals surface area contributed by atoms with Gasteiger partial charge in [0, 0.05) is 12.8 Å². The number of ether oxygens (including phenoxy) is 4. The number of carbonyl (C=O) groups excluding carboxylic acids is 2. The molecule has 88 heavy (non-hydrogen) atoms. The number of esters is 2. The van der Waals surface area contributed by atoms with Gasteiger partial charge in [0.05, 0.1) is 59.5 Å². The SMILES string of the molecule is CCOc1nc2cccc(C(=O)OC3CCc4c3[nH]o[n+]4=O)c2n1Cc1ccc(-c2ccccc2-c2noc(=O)[n-]2)cc1.CCOc1nc2cccc(C(=O)OCc3[nH]o[n+](=O)c3C#N)c2n1Cc1ccc(-c2ccccc2-c2noc(=O)[n-]2)cc1.[K+].[K+]. The van der Waals surface area contributed by atoms with Crippen LogP contribution in [0.1, 0.15) is 81.0 Å². The third-order valence-electron chi connectivity index (χ3n) is 14.0. The molecule has 1 atom stereocenters. The number of imidazole rings is 2. The Balaban J connectivity index is 0.000000190. The zero-order valence-corrected chi connectivity index (χ0v) is 53.6. The number of aromatic amines is 2. The maximum Gasteiger partial charge on any atom is 1.00 e. The number of rotatable bonds is 17. The predicted octanol–water partition coefficient (Wildman–Crippen LogP) is 0.998. The van der Waals surface area contributed by atoms with E-state index < -0.39 is 29.6 Å². The van der Waals surface area contributed by atoms with Crippen LogP contribution in [0.3, 0.4) is 0 Å². The van der Waals surface area contributed by atoms with Crippen LogP contribution in [-0.4, -0.2) is 64.9 Å². The average molecular weight is 1240 g/mol. The van der Waals surface area contributed by atoms with Gasteiger partial charge >= 0.3 is 132 Å². The number of nitriles is 1. The summed E-state index contributed by atoms with van der Waals surface area (Å²) < 4.78 is 45.6. The van der Waals surface area contributed by atoms with Gasteiger partial charge < -0.3 is 38.0 Å². The van der Waals surface area contributed by atoms with Crippen molar-refractivity contribution in [1.82, 2.24) is 49.7 Å². The molecule has 0 spiro atoms. The number of hydrogen-bond donors (Lipinski definition) is 2. The zero-order valence-electron chi connectivity index (χ0n) is 47.4. The summed E-state index contributed by atoms with van der Waals surface area (Å²) in [6.07, 6.45) is 0.295. The monoisotopic (exact) mass is 1240 g/mol. The van der Waals surface area contributed by atoms with Gasteiger partial charge in [-0.15, -0.1) is 0 Å². The molecular formula is C59H45K2N13O14+2. The first-order valence-corrected chi connectivity index (χ1v) is 26.6. The van der Waals surface area contributed by atoms with Crippen LogP contribution in [-0.2, 0) is 35.6 Å². The van der Waals surface area contributed by atoms with Crippen LogP contribution in [0.2, 0.25) is 0 Å². The number of benzene rings is 6. The zero-order chi connectivity index (χ0) is 59.4. The molecule has 6 aromatic heterocycles. The minimum Gasteiger partial charge on any atom is -0.465 e. The third kappa shape index (κ3) is 12.8. The van der Waals surface area contributed by atoms with Gasteiger partial charge in [-0.1, -0.05) is 129 Å². The van der Waals surface area contributed by atoms with Crippen molar-refractivity contribution < 1.29 is 159 Å². The van der Waals surface area contributed by atoms with E-state index in [0.717, 1.165) is 33.4 Å². The van der Waals surface area contributed by atoms with Crippen molar-refractivity contribution in [2.75, 3.05) is 13.2 Å². The number of hydrogen-bond acceptors (Lipinski definition) is 19. The van der Waals surface area contributed by atoms with E-state index >= 15 is 0 Å². The van der Waals surface area contributed by atoms with Crippen molar-refractivity contribution >= 4 is 34.0 Å². The smallest absolute Gasteiger partial charge is 0.465 e. The molecule has 6 aromatic carbocycles. The van der Waals surface area contributed by atoms with Gasteiger partial charge in [-0.25, -0.2) is 19.2 Å². The van der Waals surface area contributed by atoms with E-state index in [1.54, 1.807) is 41.0 Å². The Bertz CT molecular complexity index is 4810. The molecule has 1 aliphatic carbocycles. The van der Waals surface area contributed by atoms with Gasteiger partial charge in [0.1, 0.15) is 0 Å². The fraction of sp³-hybridized carbons (Fsp3) is 0.169. The van der Waals surface area contributed by atoms with Gasteiger partial charge in [0.15, 0.2) is 28.0 Å². The molecule has 430 valence electrons. The first kappa shape index (κ1) is 62.4. The molecule has 29 heteroatoms. The minimum absolute atomic E-state index is 0. The summed E-state index contributed by atoms with van der Waals surface area (Å²) in [6, 6.07) is 43.1. The van der Waals surface area contributed by atoms with E-state index in [2.05, 4.69) is 54.2 Å². The number of fused-ring (bicyclic) bond motifs is 3. The normalized spacial score (nSPS) is 12.3. The number of carbonyl (C=O) groups is 2. The van der Waals surface area contributed by atoms with E-state index in [4.69, 9.17) is 28.8 Å². The van der Waals surface area contributed by atoms with Gasteiger partial charge in [-0.3, -0.25) is 19.4 Å². The Labute approximate surface area is 579 Å². The summed E-state index contributed by atoms with van der Waals surface area (Å²) in [6.45, 7) is 4.73. The van der Waals surface area contributed by atoms with Crippen LogP contribution >= 0.6 is 0 Å². The number of H-pyrrole nitrogens is 2. The standard InChI is InChI=1S/C30H24N6O7.C29H21N7O7.2K/c1-2-40-29-31-22-9-5-8-21(28(37)41-24-15-14-23-25(24)33-43-36(23)39)26(22)35(29)16-17-10-12-18(13-11-17)19-6-3-4-7-20(19)27-32-30(38)42-34-27;1-2-40-28-31-22-9-5-8-21(27(37)41-16-23-24(14-30)36(39)43-33-23)25(22)35(28)15-17-10-12-18(13-11-17)19-6-3-4-7-20(19)26-32-29(38)42-34-26;;/h3-13,24H,2,14-16H2,1H3,(H-,32,33,34,38,39);3-13H,2,15-16H2,1H3,(H-,32,33,34,38,39);;/q;;2*+1. The van der Waals surface area contributed by atoms with E-state index in [9.17, 15) is 29.0 Å². The second-order valence-corrected chi connectivity index (χ2v) is 19.1. The topological polar surface area (TPSA) is 349 Å². The van der Waals surface area contributed by atoms with Crippen LogP contribution in [0.5, 0.6) is 12.0 Å². The summed E-state index contributed by atoms with van der Waals surface area (Å²) in [5.74, 6) is -2.32. The van der Waals surface area contributed by atoms with Crippen molar-refractivity contribution in [3.63, 3.8) is 0 Å². The van der Waals surface area contributed by atoms with Crippen molar-refractivity contribution in [3.05, 3.63) is 209 Å². The molecule has 0 bridgehead atoms. The van der Waals surface area contributed by atoms with Gasteiger partial charge in [-0.2, -0.15) is 15.2 Å². The second-order valence-electron chi connectivity index (χ2n) is 19.1. The van der Waals surface area contributed by atoms with Crippen LogP contribution < -0.4 is 143 Å². The van der Waals surface area contributed by atoms with Crippen LogP contribution in [0, 0.1) is 21.1 Å². The molecule has 0 saturated heterocycles. The van der Waals surface area contributed by atoms with E-state index in [1.165, 1.54) is 0 Å². The Kier molecular flexibility index (Phi) is 19.5. The molecular weight excluding hydrogens is 1190 g/mol. The summed E-state index contributed by atoms with van der Waals surface area (Å²) >= 11 is 0. The quantitative estimate of drug-likeness (QED) is 0.0948. The first-order chi connectivity index (χ1) is 42.0. The largest absolute Gasteiger partial charge is 1.00 e. The average Bonchev–Trinajstić information content (AvgIpc) is 2.22. The Morgan fingerprint density at radius 1 is 0.648 bits per heavy atom. The number of aromatic nitrogens is 12. The second kappa shape index (κ2) is 27.6. The van der Waals surface area contributed by atoms with Gasteiger partial charge in [-0.05, 0) is 104 Å². The van der Waals surface area contributed by atoms with E-state index in [1.807, 2.05) is 122 Å². The number of nitrogens with one attached hydrogen (secondary N) is 2. The van der Waals surface area contributed by atoms with Gasteiger partial charge in [0.25, 0.3) is 12.0 Å². The number of nitrogens with zero attached hydrogens (tertiary/aromatic N) is 11. The molecule has 1 aliphatic rings. The van der Waals surface area contributed by atoms with E-state index in [0.29, 0.717) is 106 Å². The van der Waals surface area contributed by atoms with Gasteiger partial charge in [0.2, 0.25) is 17.1 Å². The molecule has 1 unspecified atom stereocenters. The maximum absolute atomic E-state index is 13.5. The van der Waals surface area contributed by atoms with Crippen LogP contribution in [0.25, 0.3) is 67.1 Å². The molecule has 0 aliphatic heterocycles. The molecule has 12 aromatic rings. The molecule has 13 rings (SSSR count). The summed E-state index contributed by atoms with van der Waals surface area (Å²) in [5.41, 5.74) is 9.87. The van der Waals surface area contributed by atoms with Crippen molar-refractivity contribution in [3.8, 4) is 63.1 Å². The molecule has 0 radical (unpaired) electrons. The summed E-state index contributed by atoms with van der Waals surface area (Å²) in [5, 5.41) is 21.5. The predicted molar refractivity (Wildman–Crippen MR) is 297 cm³/mol. The number of para-hydroxylation sites is 2. The molecule has 6 heterocycles.